The molecule has 0 unspecified atom stereocenters. The van der Waals surface area contributed by atoms with E-state index in [9.17, 15) is 13.2 Å². The van der Waals surface area contributed by atoms with E-state index < -0.39 is 22.5 Å². The maximum atomic E-state index is 14.1. The monoisotopic (exact) mass is 504 g/mol. The Morgan fingerprint density at radius 3 is 2.31 bits per heavy atom. The van der Waals surface area contributed by atoms with Crippen molar-refractivity contribution in [3.63, 3.8) is 0 Å². The first-order valence-corrected chi connectivity index (χ1v) is 12.8. The van der Waals surface area contributed by atoms with E-state index in [1.54, 1.807) is 54.6 Å². The van der Waals surface area contributed by atoms with Crippen molar-refractivity contribution in [2.75, 3.05) is 30.4 Å². The average molecular weight is 505 g/mol. The fourth-order valence-electron chi connectivity index (χ4n) is 4.15. The normalized spacial score (nSPS) is 11.2. The lowest BCUT2D eigenvalue weighted by Gasteiger charge is -2.27. The van der Waals surface area contributed by atoms with Gasteiger partial charge in [-0.15, -0.1) is 0 Å². The van der Waals surface area contributed by atoms with Crippen LogP contribution in [0, 0.1) is 13.8 Å². The topological polar surface area (TPSA) is 84.9 Å². The van der Waals surface area contributed by atoms with Crippen molar-refractivity contribution >= 4 is 38.1 Å². The van der Waals surface area contributed by atoms with Gasteiger partial charge in [0.05, 0.1) is 30.5 Å². The number of anilines is 2. The van der Waals surface area contributed by atoms with Crippen LogP contribution in [0.3, 0.4) is 0 Å². The molecule has 0 saturated carbocycles. The third-order valence-corrected chi connectivity index (χ3v) is 7.94. The first-order chi connectivity index (χ1) is 17.3. The number of aryl methyl sites for hydroxylation is 1. The summed E-state index contributed by atoms with van der Waals surface area (Å²) in [5.74, 6) is 0.278. The molecule has 186 valence electrons. The van der Waals surface area contributed by atoms with E-state index >= 15 is 0 Å². The first-order valence-electron chi connectivity index (χ1n) is 11.4. The number of hydrogen-bond acceptors (Lipinski definition) is 5. The van der Waals surface area contributed by atoms with E-state index in [4.69, 9.17) is 9.47 Å². The van der Waals surface area contributed by atoms with Crippen LogP contribution in [-0.4, -0.2) is 35.1 Å². The van der Waals surface area contributed by atoms with E-state index in [-0.39, 0.29) is 4.90 Å². The maximum absolute atomic E-state index is 14.1. The third-order valence-electron chi connectivity index (χ3n) is 6.13. The molecule has 4 rings (SSSR count). The molecule has 8 heteroatoms. The Morgan fingerprint density at radius 2 is 1.56 bits per heavy atom. The molecule has 0 saturated heterocycles. The Hall–Kier alpha value is -4.04. The molecule has 0 spiro atoms. The summed E-state index contributed by atoms with van der Waals surface area (Å²) in [4.78, 5) is 13.4. The van der Waals surface area contributed by atoms with Crippen LogP contribution in [0.1, 0.15) is 11.1 Å². The van der Waals surface area contributed by atoms with Gasteiger partial charge in [-0.2, -0.15) is 0 Å². The number of amides is 1. The standard InChI is InChI=1S/C28H28N2O5S/c1-19-10-7-15-24(20(19)2)30(18-27(31)29-23-14-9-16-25(34-3)28(23)35-4)36(32,33)26-17-8-12-21-11-5-6-13-22(21)26/h5-17H,18H2,1-4H3,(H,29,31). The van der Waals surface area contributed by atoms with Crippen LogP contribution >= 0.6 is 0 Å². The number of hydrogen-bond donors (Lipinski definition) is 1. The predicted molar refractivity (Wildman–Crippen MR) is 143 cm³/mol. The van der Waals surface area contributed by atoms with Gasteiger partial charge in [-0.3, -0.25) is 9.10 Å². The van der Waals surface area contributed by atoms with Gasteiger partial charge in [0.25, 0.3) is 10.0 Å². The second kappa shape index (κ2) is 10.3. The van der Waals surface area contributed by atoms with E-state index in [0.717, 1.165) is 16.5 Å². The maximum Gasteiger partial charge on any atom is 0.265 e. The molecule has 1 amide bonds. The number of fused-ring (bicyclic) bond motifs is 1. The highest BCUT2D eigenvalue weighted by molar-refractivity contribution is 7.93. The molecular weight excluding hydrogens is 476 g/mol. The lowest BCUT2D eigenvalue weighted by Crippen LogP contribution is -2.38. The van der Waals surface area contributed by atoms with Gasteiger partial charge in [-0.05, 0) is 54.6 Å². The highest BCUT2D eigenvalue weighted by Crippen LogP contribution is 2.35. The molecule has 1 N–H and O–H groups in total. The Balaban J connectivity index is 1.79. The van der Waals surface area contributed by atoms with Crippen molar-refractivity contribution in [1.29, 1.82) is 0 Å². The van der Waals surface area contributed by atoms with Crippen LogP contribution in [-0.2, 0) is 14.8 Å². The average Bonchev–Trinajstić information content (AvgIpc) is 2.88. The van der Waals surface area contributed by atoms with E-state index in [2.05, 4.69) is 5.32 Å². The summed E-state index contributed by atoms with van der Waals surface area (Å²) in [6.07, 6.45) is 0. The first kappa shape index (κ1) is 25.1. The smallest absolute Gasteiger partial charge is 0.265 e. The molecule has 4 aromatic rings. The van der Waals surface area contributed by atoms with Gasteiger partial charge in [0.2, 0.25) is 5.91 Å². The number of nitrogens with zero attached hydrogens (tertiary/aromatic N) is 1. The highest BCUT2D eigenvalue weighted by Gasteiger charge is 2.30. The summed E-state index contributed by atoms with van der Waals surface area (Å²) >= 11 is 0. The van der Waals surface area contributed by atoms with Gasteiger partial charge in [-0.1, -0.05) is 54.6 Å². The highest BCUT2D eigenvalue weighted by atomic mass is 32.2. The Morgan fingerprint density at radius 1 is 0.861 bits per heavy atom. The number of carbonyl (C=O) groups is 1. The molecule has 0 aromatic heterocycles. The van der Waals surface area contributed by atoms with Crippen molar-refractivity contribution in [2.24, 2.45) is 0 Å². The molecule has 0 aliphatic rings. The van der Waals surface area contributed by atoms with Gasteiger partial charge in [0.1, 0.15) is 6.54 Å². The Kier molecular flexibility index (Phi) is 7.17. The minimum Gasteiger partial charge on any atom is -0.493 e. The fourth-order valence-corrected chi connectivity index (χ4v) is 5.85. The summed E-state index contributed by atoms with van der Waals surface area (Å²) in [5, 5.41) is 4.17. The number of para-hydroxylation sites is 1. The largest absolute Gasteiger partial charge is 0.493 e. The lowest BCUT2D eigenvalue weighted by atomic mass is 10.1. The van der Waals surface area contributed by atoms with Crippen molar-refractivity contribution in [3.05, 3.63) is 90.0 Å². The molecule has 0 radical (unpaired) electrons. The van der Waals surface area contributed by atoms with Crippen molar-refractivity contribution < 1.29 is 22.7 Å². The van der Waals surface area contributed by atoms with Crippen LogP contribution in [0.4, 0.5) is 11.4 Å². The Labute approximate surface area is 211 Å². The molecular formula is C28H28N2O5S. The van der Waals surface area contributed by atoms with Crippen molar-refractivity contribution in [2.45, 2.75) is 18.7 Å². The minimum atomic E-state index is -4.12. The molecule has 0 bridgehead atoms. The van der Waals surface area contributed by atoms with Crippen LogP contribution < -0.4 is 19.1 Å². The fraction of sp³-hybridized carbons (Fsp3) is 0.179. The molecule has 0 fully saturated rings. The molecule has 4 aromatic carbocycles. The van der Waals surface area contributed by atoms with E-state index in [0.29, 0.717) is 28.3 Å². The number of benzene rings is 4. The molecule has 0 aliphatic carbocycles. The molecule has 0 aliphatic heterocycles. The second-order valence-corrected chi connectivity index (χ2v) is 10.1. The molecule has 36 heavy (non-hydrogen) atoms. The third kappa shape index (κ3) is 4.72. The number of nitrogens with one attached hydrogen (secondary N) is 1. The summed E-state index contributed by atoms with van der Waals surface area (Å²) in [6, 6.07) is 22.9. The predicted octanol–water partition coefficient (Wildman–Crippen LogP) is 5.31. The zero-order chi connectivity index (χ0) is 25.9. The van der Waals surface area contributed by atoms with Gasteiger partial charge >= 0.3 is 0 Å². The molecule has 7 nitrogen and oxygen atoms in total. The zero-order valence-electron chi connectivity index (χ0n) is 20.6. The SMILES string of the molecule is COc1cccc(NC(=O)CN(c2cccc(C)c2C)S(=O)(=O)c2cccc3ccccc23)c1OC. The van der Waals surface area contributed by atoms with Crippen LogP contribution in [0.2, 0.25) is 0 Å². The summed E-state index contributed by atoms with van der Waals surface area (Å²) in [5.41, 5.74) is 2.51. The van der Waals surface area contributed by atoms with E-state index in [1.165, 1.54) is 18.5 Å². The van der Waals surface area contributed by atoms with Gasteiger partial charge in [0, 0.05) is 5.39 Å². The lowest BCUT2D eigenvalue weighted by molar-refractivity contribution is -0.114. The van der Waals surface area contributed by atoms with Crippen LogP contribution in [0.5, 0.6) is 11.5 Å². The van der Waals surface area contributed by atoms with E-state index in [1.807, 2.05) is 38.1 Å². The summed E-state index contributed by atoms with van der Waals surface area (Å²) in [6.45, 7) is 3.32. The molecule has 0 heterocycles. The van der Waals surface area contributed by atoms with Gasteiger partial charge in [0.15, 0.2) is 11.5 Å². The number of rotatable bonds is 8. The van der Waals surface area contributed by atoms with Gasteiger partial charge in [-0.25, -0.2) is 8.42 Å². The number of ether oxygens (including phenoxy) is 2. The van der Waals surface area contributed by atoms with Crippen LogP contribution in [0.15, 0.2) is 83.8 Å². The number of sulfonamides is 1. The van der Waals surface area contributed by atoms with Crippen molar-refractivity contribution in [1.82, 2.24) is 0 Å². The number of carbonyl (C=O) groups excluding carboxylic acids is 1. The quantitative estimate of drug-likeness (QED) is 0.352. The minimum absolute atomic E-state index is 0.133. The Bertz CT molecular complexity index is 1530. The summed E-state index contributed by atoms with van der Waals surface area (Å²) < 4.78 is 40.1. The second-order valence-electron chi connectivity index (χ2n) is 8.30. The zero-order valence-corrected chi connectivity index (χ0v) is 21.4. The van der Waals surface area contributed by atoms with Crippen molar-refractivity contribution in [3.8, 4) is 11.5 Å². The number of methoxy groups -OCH3 is 2. The summed E-state index contributed by atoms with van der Waals surface area (Å²) in [7, 11) is -1.14. The molecule has 0 atom stereocenters. The van der Waals surface area contributed by atoms with Gasteiger partial charge < -0.3 is 14.8 Å². The van der Waals surface area contributed by atoms with Crippen LogP contribution in [0.25, 0.3) is 10.8 Å².